The first-order valence-corrected chi connectivity index (χ1v) is 7.82. The highest BCUT2D eigenvalue weighted by molar-refractivity contribution is 5.83. The summed E-state index contributed by atoms with van der Waals surface area (Å²) in [4.78, 5) is 14.9. The second kappa shape index (κ2) is 6.87. The van der Waals surface area contributed by atoms with Gasteiger partial charge in [0.25, 0.3) is 0 Å². The molecule has 2 rings (SSSR count). The molecule has 5 heteroatoms. The van der Waals surface area contributed by atoms with Crippen molar-refractivity contribution < 1.29 is 9.53 Å². The maximum atomic E-state index is 12.6. The summed E-state index contributed by atoms with van der Waals surface area (Å²) in [6.07, 6.45) is 6.06. The van der Waals surface area contributed by atoms with Gasteiger partial charge in [-0.2, -0.15) is 0 Å². The minimum atomic E-state index is -0.399. The van der Waals surface area contributed by atoms with Gasteiger partial charge < -0.3 is 20.7 Å². The lowest BCUT2D eigenvalue weighted by Gasteiger charge is -2.38. The van der Waals surface area contributed by atoms with E-state index in [1.165, 1.54) is 12.8 Å². The Bertz CT molecular complexity index is 327. The molecule has 2 unspecified atom stereocenters. The fourth-order valence-corrected chi connectivity index (χ4v) is 3.39. The van der Waals surface area contributed by atoms with Crippen molar-refractivity contribution in [2.75, 3.05) is 33.9 Å². The molecule has 116 valence electrons. The zero-order valence-corrected chi connectivity index (χ0v) is 12.9. The van der Waals surface area contributed by atoms with Gasteiger partial charge in [0.05, 0.1) is 5.41 Å². The molecule has 0 radical (unpaired) electrons. The van der Waals surface area contributed by atoms with Crippen molar-refractivity contribution in [2.45, 2.75) is 50.6 Å². The summed E-state index contributed by atoms with van der Waals surface area (Å²) in [5.41, 5.74) is 5.50. The third-order valence-corrected chi connectivity index (χ3v) is 5.03. The average molecular weight is 283 g/mol. The van der Waals surface area contributed by atoms with Crippen molar-refractivity contribution >= 4 is 5.91 Å². The van der Waals surface area contributed by atoms with Crippen LogP contribution in [-0.2, 0) is 9.53 Å². The van der Waals surface area contributed by atoms with E-state index in [0.29, 0.717) is 31.8 Å². The minimum Gasteiger partial charge on any atom is -0.381 e. The monoisotopic (exact) mass is 283 g/mol. The van der Waals surface area contributed by atoms with Crippen LogP contribution in [0.2, 0.25) is 0 Å². The third kappa shape index (κ3) is 3.51. The van der Waals surface area contributed by atoms with Gasteiger partial charge in [-0.15, -0.1) is 0 Å². The number of hydrogen-bond acceptors (Lipinski definition) is 4. The Labute approximate surface area is 122 Å². The lowest BCUT2D eigenvalue weighted by Crippen LogP contribution is -2.53. The number of hydrogen-bond donors (Lipinski definition) is 2. The molecule has 2 fully saturated rings. The minimum absolute atomic E-state index is 0.146. The standard InChI is InChI=1S/C15H29N3O2/c1-18(2)13-5-3-4-12(10-13)17-14(19)15(11-16)6-8-20-9-7-15/h12-13H,3-11,16H2,1-2H3,(H,17,19). The number of ether oxygens (including phenoxy) is 1. The Morgan fingerprint density at radius 1 is 1.35 bits per heavy atom. The van der Waals surface area contributed by atoms with Crippen LogP contribution >= 0.6 is 0 Å². The van der Waals surface area contributed by atoms with Gasteiger partial charge >= 0.3 is 0 Å². The molecule has 0 aromatic carbocycles. The molecule has 0 bridgehead atoms. The van der Waals surface area contributed by atoms with Gasteiger partial charge in [0.15, 0.2) is 0 Å². The molecule has 3 N–H and O–H groups in total. The summed E-state index contributed by atoms with van der Waals surface area (Å²) in [5.74, 6) is 0.146. The highest BCUT2D eigenvalue weighted by atomic mass is 16.5. The van der Waals surface area contributed by atoms with Crippen LogP contribution in [-0.4, -0.2) is 56.7 Å². The van der Waals surface area contributed by atoms with Gasteiger partial charge in [-0.3, -0.25) is 4.79 Å². The topological polar surface area (TPSA) is 67.6 Å². The Morgan fingerprint density at radius 2 is 2.05 bits per heavy atom. The fourth-order valence-electron chi connectivity index (χ4n) is 3.39. The molecule has 2 aliphatic rings. The van der Waals surface area contributed by atoms with Crippen LogP contribution in [0.3, 0.4) is 0 Å². The van der Waals surface area contributed by atoms with E-state index in [1.54, 1.807) is 0 Å². The van der Waals surface area contributed by atoms with Crippen molar-refractivity contribution in [1.29, 1.82) is 0 Å². The van der Waals surface area contributed by atoms with E-state index >= 15 is 0 Å². The average Bonchev–Trinajstić information content (AvgIpc) is 2.48. The first kappa shape index (κ1) is 15.7. The maximum absolute atomic E-state index is 12.6. The number of carbonyl (C=O) groups excluding carboxylic acids is 1. The van der Waals surface area contributed by atoms with E-state index in [-0.39, 0.29) is 5.91 Å². The zero-order chi connectivity index (χ0) is 14.6. The largest absolute Gasteiger partial charge is 0.381 e. The molecule has 0 aromatic rings. The molecular weight excluding hydrogens is 254 g/mol. The lowest BCUT2D eigenvalue weighted by atomic mass is 9.78. The first-order valence-electron chi connectivity index (χ1n) is 7.82. The van der Waals surface area contributed by atoms with E-state index < -0.39 is 5.41 Å². The Morgan fingerprint density at radius 3 is 2.65 bits per heavy atom. The number of carbonyl (C=O) groups is 1. The Hall–Kier alpha value is -0.650. The molecule has 5 nitrogen and oxygen atoms in total. The highest BCUT2D eigenvalue weighted by Gasteiger charge is 2.40. The Kier molecular flexibility index (Phi) is 5.41. The molecule has 20 heavy (non-hydrogen) atoms. The molecule has 1 saturated heterocycles. The normalized spacial score (nSPS) is 30.2. The molecular formula is C15H29N3O2. The third-order valence-electron chi connectivity index (χ3n) is 5.03. The maximum Gasteiger partial charge on any atom is 0.227 e. The smallest absolute Gasteiger partial charge is 0.227 e. The van der Waals surface area contributed by atoms with E-state index in [2.05, 4.69) is 24.3 Å². The molecule has 0 spiro atoms. The SMILES string of the molecule is CN(C)C1CCCC(NC(=O)C2(CN)CCOCC2)C1. The van der Waals surface area contributed by atoms with Crippen LogP contribution in [0.5, 0.6) is 0 Å². The zero-order valence-electron chi connectivity index (χ0n) is 12.9. The second-order valence-electron chi connectivity index (χ2n) is 6.55. The molecule has 1 aliphatic heterocycles. The summed E-state index contributed by atoms with van der Waals surface area (Å²) in [7, 11) is 4.24. The van der Waals surface area contributed by atoms with Gasteiger partial charge in [-0.1, -0.05) is 0 Å². The van der Waals surface area contributed by atoms with Crippen LogP contribution in [0.15, 0.2) is 0 Å². The molecule has 1 saturated carbocycles. The van der Waals surface area contributed by atoms with Crippen molar-refractivity contribution in [2.24, 2.45) is 11.1 Å². The second-order valence-corrected chi connectivity index (χ2v) is 6.55. The van der Waals surface area contributed by atoms with Crippen molar-refractivity contribution in [3.63, 3.8) is 0 Å². The van der Waals surface area contributed by atoms with Crippen molar-refractivity contribution in [1.82, 2.24) is 10.2 Å². The molecule has 1 heterocycles. The summed E-state index contributed by atoms with van der Waals surface area (Å²) in [6.45, 7) is 1.72. The lowest BCUT2D eigenvalue weighted by molar-refractivity contribution is -0.137. The van der Waals surface area contributed by atoms with E-state index in [0.717, 1.165) is 25.7 Å². The van der Waals surface area contributed by atoms with Crippen LogP contribution < -0.4 is 11.1 Å². The van der Waals surface area contributed by atoms with Gasteiger partial charge in [0, 0.05) is 31.8 Å². The van der Waals surface area contributed by atoms with Gasteiger partial charge in [0.2, 0.25) is 5.91 Å². The summed E-state index contributed by atoms with van der Waals surface area (Å²) >= 11 is 0. The Balaban J connectivity index is 1.92. The highest BCUT2D eigenvalue weighted by Crippen LogP contribution is 2.30. The predicted molar refractivity (Wildman–Crippen MR) is 79.4 cm³/mol. The van der Waals surface area contributed by atoms with Crippen molar-refractivity contribution in [3.8, 4) is 0 Å². The van der Waals surface area contributed by atoms with Crippen LogP contribution in [0.1, 0.15) is 38.5 Å². The van der Waals surface area contributed by atoms with Crippen molar-refractivity contribution in [3.05, 3.63) is 0 Å². The first-order chi connectivity index (χ1) is 9.57. The fraction of sp³-hybridized carbons (Fsp3) is 0.933. The predicted octanol–water partition coefficient (Wildman–Crippen LogP) is 0.731. The number of nitrogens with zero attached hydrogens (tertiary/aromatic N) is 1. The van der Waals surface area contributed by atoms with Gasteiger partial charge in [-0.05, 0) is 52.6 Å². The van der Waals surface area contributed by atoms with Crippen LogP contribution in [0, 0.1) is 5.41 Å². The summed E-state index contributed by atoms with van der Waals surface area (Å²) in [5, 5.41) is 3.26. The van der Waals surface area contributed by atoms with Gasteiger partial charge in [-0.25, -0.2) is 0 Å². The summed E-state index contributed by atoms with van der Waals surface area (Å²) < 4.78 is 5.37. The summed E-state index contributed by atoms with van der Waals surface area (Å²) in [6, 6.07) is 0.882. The van der Waals surface area contributed by atoms with E-state index in [4.69, 9.17) is 10.5 Å². The number of nitrogens with two attached hydrogens (primary N) is 1. The molecule has 2 atom stereocenters. The van der Waals surface area contributed by atoms with E-state index in [9.17, 15) is 4.79 Å². The quantitative estimate of drug-likeness (QED) is 0.798. The van der Waals surface area contributed by atoms with Crippen LogP contribution in [0.4, 0.5) is 0 Å². The number of rotatable bonds is 4. The van der Waals surface area contributed by atoms with Gasteiger partial charge in [0.1, 0.15) is 0 Å². The number of nitrogens with one attached hydrogen (secondary N) is 1. The van der Waals surface area contributed by atoms with E-state index in [1.807, 2.05) is 0 Å². The number of amides is 1. The molecule has 1 aliphatic carbocycles. The molecule has 0 aromatic heterocycles. The molecule has 1 amide bonds. The van der Waals surface area contributed by atoms with Crippen LogP contribution in [0.25, 0.3) is 0 Å².